The zero-order valence-electron chi connectivity index (χ0n) is 19.4. The second-order valence-electron chi connectivity index (χ2n) is 8.85. The molecule has 1 atom stereocenters. The molecule has 0 aromatic heterocycles. The Morgan fingerprint density at radius 2 is 1.97 bits per heavy atom. The van der Waals surface area contributed by atoms with Gasteiger partial charge >= 0.3 is 5.97 Å². The molecule has 10 heteroatoms. The van der Waals surface area contributed by atoms with Gasteiger partial charge in [-0.1, -0.05) is 11.6 Å². The molecule has 0 saturated carbocycles. The molecule has 0 fully saturated rings. The molecule has 1 amide bonds. The van der Waals surface area contributed by atoms with Gasteiger partial charge in [0, 0.05) is 40.0 Å². The summed E-state index contributed by atoms with van der Waals surface area (Å²) in [5, 5.41) is 3.19. The minimum Gasteiger partial charge on any atom is -0.462 e. The number of carbonyl (C=O) groups is 3. The Bertz CT molecular complexity index is 1430. The summed E-state index contributed by atoms with van der Waals surface area (Å²) in [6, 6.07) is 10.1. The van der Waals surface area contributed by atoms with Crippen LogP contribution >= 0.6 is 11.6 Å². The lowest BCUT2D eigenvalue weighted by atomic mass is 9.63. The van der Waals surface area contributed by atoms with E-state index in [1.165, 1.54) is 0 Å². The third kappa shape index (κ3) is 2.92. The Morgan fingerprint density at radius 3 is 2.78 bits per heavy atom. The van der Waals surface area contributed by atoms with E-state index in [4.69, 9.17) is 31.5 Å². The quantitative estimate of drug-likeness (QED) is 0.605. The molecule has 0 saturated heterocycles. The van der Waals surface area contributed by atoms with Gasteiger partial charge in [0.2, 0.25) is 12.7 Å². The van der Waals surface area contributed by atoms with Gasteiger partial charge in [0.25, 0.3) is 0 Å². The fourth-order valence-electron chi connectivity index (χ4n) is 5.60. The van der Waals surface area contributed by atoms with Crippen molar-refractivity contribution in [2.24, 2.45) is 5.73 Å². The van der Waals surface area contributed by atoms with Crippen molar-refractivity contribution in [1.29, 1.82) is 0 Å². The number of hydrogen-bond acceptors (Lipinski definition) is 8. The number of ether oxygens (including phenoxy) is 3. The summed E-state index contributed by atoms with van der Waals surface area (Å²) in [7, 11) is 0. The van der Waals surface area contributed by atoms with E-state index in [9.17, 15) is 14.4 Å². The number of nitrogens with two attached hydrogens (primary N) is 1. The van der Waals surface area contributed by atoms with Crippen molar-refractivity contribution in [2.75, 3.05) is 23.6 Å². The minimum absolute atomic E-state index is 0.00346. The SMILES string of the molecule is CCOC(=O)C1=C(N)N(c2ccc3c(c2)OCO3)C2=C(C(=O)CCC2)C12C(=O)Nc1ccc(Cl)cc12. The first-order chi connectivity index (χ1) is 17.4. The maximum Gasteiger partial charge on any atom is 0.339 e. The highest BCUT2D eigenvalue weighted by Gasteiger charge is 2.62. The predicted octanol–water partition coefficient (Wildman–Crippen LogP) is 3.52. The van der Waals surface area contributed by atoms with Crippen molar-refractivity contribution >= 4 is 40.6 Å². The molecule has 4 aliphatic rings. The van der Waals surface area contributed by atoms with Crippen molar-refractivity contribution in [3.63, 3.8) is 0 Å². The molecule has 6 rings (SSSR count). The van der Waals surface area contributed by atoms with E-state index in [0.717, 1.165) is 0 Å². The van der Waals surface area contributed by atoms with Crippen LogP contribution in [-0.4, -0.2) is 31.1 Å². The summed E-state index contributed by atoms with van der Waals surface area (Å²) < 4.78 is 16.4. The van der Waals surface area contributed by atoms with E-state index in [-0.39, 0.29) is 42.6 Å². The van der Waals surface area contributed by atoms with Crippen LogP contribution in [0.4, 0.5) is 11.4 Å². The number of allylic oxidation sites excluding steroid dienone is 1. The van der Waals surface area contributed by atoms with Crippen LogP contribution in [0.15, 0.2) is 59.1 Å². The molecule has 1 spiro atoms. The number of benzene rings is 2. The largest absolute Gasteiger partial charge is 0.462 e. The molecule has 1 aliphatic carbocycles. The summed E-state index contributed by atoms with van der Waals surface area (Å²) in [5.74, 6) is -0.470. The number of ketones is 1. The summed E-state index contributed by atoms with van der Waals surface area (Å²) >= 11 is 6.35. The normalized spacial score (nSPS) is 22.1. The van der Waals surface area contributed by atoms with Gasteiger partial charge < -0.3 is 25.3 Å². The number of anilines is 2. The molecule has 3 heterocycles. The summed E-state index contributed by atoms with van der Waals surface area (Å²) in [6.07, 6.45) is 1.27. The first-order valence-corrected chi connectivity index (χ1v) is 12.0. The Balaban J connectivity index is 1.69. The highest BCUT2D eigenvalue weighted by Crippen LogP contribution is 2.56. The van der Waals surface area contributed by atoms with Crippen LogP contribution in [-0.2, 0) is 24.5 Å². The Morgan fingerprint density at radius 1 is 1.17 bits per heavy atom. The average Bonchev–Trinajstić information content (AvgIpc) is 3.42. The third-order valence-electron chi connectivity index (χ3n) is 6.97. The van der Waals surface area contributed by atoms with Crippen molar-refractivity contribution < 1.29 is 28.6 Å². The number of Topliss-reactive ketones (excluding diaryl/α,β-unsaturated/α-hetero) is 1. The van der Waals surface area contributed by atoms with E-state index in [0.29, 0.717) is 52.0 Å². The van der Waals surface area contributed by atoms with Crippen molar-refractivity contribution in [3.05, 3.63) is 69.6 Å². The molecule has 2 aromatic rings. The molecule has 3 aliphatic heterocycles. The van der Waals surface area contributed by atoms with Crippen LogP contribution in [0, 0.1) is 0 Å². The summed E-state index contributed by atoms with van der Waals surface area (Å²) in [6.45, 7) is 1.81. The molecule has 36 heavy (non-hydrogen) atoms. The zero-order valence-corrected chi connectivity index (χ0v) is 20.1. The van der Waals surface area contributed by atoms with Crippen molar-refractivity contribution in [3.8, 4) is 11.5 Å². The van der Waals surface area contributed by atoms with E-state index >= 15 is 0 Å². The lowest BCUT2D eigenvalue weighted by molar-refractivity contribution is -0.140. The van der Waals surface area contributed by atoms with Crippen LogP contribution in [0.1, 0.15) is 31.7 Å². The van der Waals surface area contributed by atoms with Crippen LogP contribution in [0.5, 0.6) is 11.5 Å². The van der Waals surface area contributed by atoms with E-state index in [1.54, 1.807) is 48.2 Å². The van der Waals surface area contributed by atoms with Crippen molar-refractivity contribution in [1.82, 2.24) is 0 Å². The number of nitrogens with zero attached hydrogens (tertiary/aromatic N) is 1. The van der Waals surface area contributed by atoms with Crippen LogP contribution in [0.2, 0.25) is 5.02 Å². The van der Waals surface area contributed by atoms with Crippen molar-refractivity contribution in [2.45, 2.75) is 31.6 Å². The lowest BCUT2D eigenvalue weighted by Gasteiger charge is -2.44. The number of fused-ring (bicyclic) bond motifs is 4. The number of halogens is 1. The molecular formula is C26H22ClN3O6. The number of nitrogens with one attached hydrogen (secondary N) is 1. The first kappa shape index (κ1) is 22.5. The molecule has 0 radical (unpaired) electrons. The number of carbonyl (C=O) groups excluding carboxylic acids is 3. The maximum atomic E-state index is 13.9. The van der Waals surface area contributed by atoms with Gasteiger partial charge in [0.15, 0.2) is 17.3 Å². The van der Waals surface area contributed by atoms with Gasteiger partial charge in [-0.05, 0) is 50.1 Å². The number of rotatable bonds is 3. The monoisotopic (exact) mass is 507 g/mol. The zero-order chi connectivity index (χ0) is 25.2. The van der Waals surface area contributed by atoms with E-state index in [2.05, 4.69) is 5.32 Å². The molecule has 3 N–H and O–H groups in total. The van der Waals surface area contributed by atoms with Gasteiger partial charge in [0.05, 0.1) is 12.3 Å². The molecule has 184 valence electrons. The Labute approximate surface area is 211 Å². The maximum absolute atomic E-state index is 13.9. The van der Waals surface area contributed by atoms with Crippen LogP contribution < -0.4 is 25.4 Å². The van der Waals surface area contributed by atoms with Gasteiger partial charge in [-0.3, -0.25) is 14.5 Å². The fraction of sp³-hybridized carbons (Fsp3) is 0.269. The lowest BCUT2D eigenvalue weighted by Crippen LogP contribution is -2.53. The predicted molar refractivity (Wildman–Crippen MR) is 131 cm³/mol. The van der Waals surface area contributed by atoms with Gasteiger partial charge in [-0.15, -0.1) is 0 Å². The molecule has 2 aromatic carbocycles. The van der Waals surface area contributed by atoms with Gasteiger partial charge in [-0.25, -0.2) is 4.79 Å². The Hall–Kier alpha value is -3.98. The molecule has 9 nitrogen and oxygen atoms in total. The van der Waals surface area contributed by atoms with E-state index < -0.39 is 17.3 Å². The smallest absolute Gasteiger partial charge is 0.339 e. The van der Waals surface area contributed by atoms with E-state index in [1.807, 2.05) is 0 Å². The molecule has 1 unspecified atom stereocenters. The van der Waals surface area contributed by atoms with Crippen LogP contribution in [0.3, 0.4) is 0 Å². The van der Waals surface area contributed by atoms with Gasteiger partial charge in [0.1, 0.15) is 16.8 Å². The number of amides is 1. The molecule has 0 bridgehead atoms. The third-order valence-corrected chi connectivity index (χ3v) is 7.21. The topological polar surface area (TPSA) is 120 Å². The second kappa shape index (κ2) is 8.03. The van der Waals surface area contributed by atoms with Crippen LogP contribution in [0.25, 0.3) is 0 Å². The number of hydrogen-bond donors (Lipinski definition) is 2. The second-order valence-corrected chi connectivity index (χ2v) is 9.28. The fourth-order valence-corrected chi connectivity index (χ4v) is 5.77. The summed E-state index contributed by atoms with van der Waals surface area (Å²) in [5.41, 5.74) is 7.07. The highest BCUT2D eigenvalue weighted by molar-refractivity contribution is 6.31. The first-order valence-electron chi connectivity index (χ1n) is 11.6. The highest BCUT2D eigenvalue weighted by atomic mass is 35.5. The molecular weight excluding hydrogens is 486 g/mol. The summed E-state index contributed by atoms with van der Waals surface area (Å²) in [4.78, 5) is 42.8. The Kier molecular flexibility index (Phi) is 5.01. The minimum atomic E-state index is -1.78. The number of esters is 1. The average molecular weight is 508 g/mol. The van der Waals surface area contributed by atoms with Gasteiger partial charge in [-0.2, -0.15) is 0 Å². The standard InChI is InChI=1S/C26H22ClN3O6/c1-2-34-24(32)22-23(28)30(14-7-9-19-20(11-14)36-12-35-19)17-4-3-5-18(31)21(17)26(22)15-10-13(27)6-8-16(15)29-25(26)33/h6-11H,2-5,12,28H2,1H3,(H,29,33).